The third-order valence-corrected chi connectivity index (χ3v) is 2.45. The van der Waals surface area contributed by atoms with E-state index in [0.29, 0.717) is 0 Å². The third-order valence-electron chi connectivity index (χ3n) is 2.45. The lowest BCUT2D eigenvalue weighted by Crippen LogP contribution is -2.11. The fraction of sp³-hybridized carbons (Fsp3) is 0.222. The topological polar surface area (TPSA) is 111 Å². The van der Waals surface area contributed by atoms with Gasteiger partial charge in [0.1, 0.15) is 17.5 Å². The predicted octanol–water partition coefficient (Wildman–Crippen LogP) is 0.953. The van der Waals surface area contributed by atoms with Crippen LogP contribution in [0.1, 0.15) is 21.7 Å². The monoisotopic (exact) mass is 236 g/mol. The van der Waals surface area contributed by atoms with Crippen LogP contribution in [-0.4, -0.2) is 30.4 Å². The predicted molar refractivity (Wildman–Crippen MR) is 56.1 cm³/mol. The van der Waals surface area contributed by atoms with Gasteiger partial charge in [-0.3, -0.25) is 0 Å². The zero-order valence-electron chi connectivity index (χ0n) is 9.04. The quantitative estimate of drug-likeness (QED) is 0.613. The summed E-state index contributed by atoms with van der Waals surface area (Å²) in [6, 6.07) is 0. The molecule has 0 saturated heterocycles. The molecule has 0 aliphatic heterocycles. The molecule has 0 bridgehead atoms. The molecule has 2 aromatic rings. The number of rotatable bonds is 2. The van der Waals surface area contributed by atoms with Crippen molar-refractivity contribution in [3.63, 3.8) is 0 Å². The molecule has 2 rings (SSSR count). The fourth-order valence-corrected chi connectivity index (χ4v) is 1.75. The van der Waals surface area contributed by atoms with E-state index in [1.54, 1.807) is 0 Å². The van der Waals surface area contributed by atoms with E-state index in [0.717, 1.165) is 10.6 Å². The first kappa shape index (κ1) is 11.0. The average Bonchev–Trinajstić information content (AvgIpc) is 2.60. The maximum absolute atomic E-state index is 11.0. The van der Waals surface area contributed by atoms with Crippen molar-refractivity contribution >= 4 is 17.6 Å². The number of aromatic nitrogens is 3. The van der Waals surface area contributed by atoms with Gasteiger partial charge in [-0.05, 0) is 18.8 Å². The molecule has 88 valence electrons. The van der Waals surface area contributed by atoms with Gasteiger partial charge in [-0.25, -0.2) is 4.79 Å². The molecule has 0 aliphatic rings. The molecule has 2 heterocycles. The highest BCUT2D eigenvalue weighted by Crippen LogP contribution is 2.20. The molecule has 1 N–H and O–H groups in total. The number of hydrogen-bond acceptors (Lipinski definition) is 5. The zero-order valence-corrected chi connectivity index (χ0v) is 9.04. The number of aromatic carboxylic acids is 1. The molecule has 0 atom stereocenters. The molecular formula is C9H8N4O4. The van der Waals surface area contributed by atoms with Gasteiger partial charge in [0.25, 0.3) is 0 Å². The second-order valence-electron chi connectivity index (χ2n) is 3.47. The normalized spacial score (nSPS) is 10.7. The van der Waals surface area contributed by atoms with E-state index < -0.39 is 10.9 Å². The summed E-state index contributed by atoms with van der Waals surface area (Å²) in [4.78, 5) is 28.9. The van der Waals surface area contributed by atoms with Gasteiger partial charge in [0.15, 0.2) is 0 Å². The minimum Gasteiger partial charge on any atom is -0.477 e. The van der Waals surface area contributed by atoms with Crippen LogP contribution in [0.3, 0.4) is 0 Å². The molecule has 0 spiro atoms. The maximum atomic E-state index is 11.0. The smallest absolute Gasteiger partial charge is 0.349 e. The van der Waals surface area contributed by atoms with Crippen molar-refractivity contribution in [2.24, 2.45) is 0 Å². The summed E-state index contributed by atoms with van der Waals surface area (Å²) in [5.74, 6) is -1.35. The fourth-order valence-electron chi connectivity index (χ4n) is 1.75. The summed E-state index contributed by atoms with van der Waals surface area (Å²) >= 11 is 0. The second kappa shape index (κ2) is 3.51. The van der Waals surface area contributed by atoms with Crippen molar-refractivity contribution in [1.82, 2.24) is 14.4 Å². The van der Waals surface area contributed by atoms with Gasteiger partial charge in [0.2, 0.25) is 0 Å². The molecular weight excluding hydrogens is 228 g/mol. The lowest BCUT2D eigenvalue weighted by Gasteiger charge is -2.03. The first-order chi connectivity index (χ1) is 7.93. The largest absolute Gasteiger partial charge is 0.477 e. The lowest BCUT2D eigenvalue weighted by molar-refractivity contribution is -0.390. The summed E-state index contributed by atoms with van der Waals surface area (Å²) in [6.45, 7) is 3.01. The van der Waals surface area contributed by atoms with Crippen molar-refractivity contribution in [2.75, 3.05) is 0 Å². The van der Waals surface area contributed by atoms with Crippen LogP contribution in [0.4, 0.5) is 5.82 Å². The molecule has 8 heteroatoms. The Morgan fingerprint density at radius 2 is 2.18 bits per heavy atom. The van der Waals surface area contributed by atoms with Gasteiger partial charge in [-0.1, -0.05) is 0 Å². The van der Waals surface area contributed by atoms with E-state index in [4.69, 9.17) is 5.11 Å². The Kier molecular flexibility index (Phi) is 2.27. The van der Waals surface area contributed by atoms with E-state index >= 15 is 0 Å². The van der Waals surface area contributed by atoms with Crippen LogP contribution < -0.4 is 0 Å². The standard InChI is InChI=1S/C9H8N4O4/c1-4-7(8(14)15)5(2)12-6(13(16)17)3-10-9(12)11-4/h3H,1-2H3,(H,14,15). The summed E-state index contributed by atoms with van der Waals surface area (Å²) in [5.41, 5.74) is 0.478. The van der Waals surface area contributed by atoms with E-state index in [-0.39, 0.29) is 28.5 Å². The maximum Gasteiger partial charge on any atom is 0.349 e. The molecule has 8 nitrogen and oxygen atoms in total. The zero-order chi connectivity index (χ0) is 12.7. The van der Waals surface area contributed by atoms with Crippen molar-refractivity contribution in [3.8, 4) is 0 Å². The Bertz CT molecular complexity index is 646. The molecule has 0 radical (unpaired) electrons. The van der Waals surface area contributed by atoms with Crippen molar-refractivity contribution in [1.29, 1.82) is 0 Å². The number of aryl methyl sites for hydroxylation is 2. The number of carboxylic acid groups (broad SMARTS) is 1. The van der Waals surface area contributed by atoms with E-state index in [2.05, 4.69) is 9.97 Å². The van der Waals surface area contributed by atoms with E-state index in [9.17, 15) is 14.9 Å². The Balaban J connectivity index is 2.92. The number of carboxylic acids is 1. The number of carbonyl (C=O) groups is 1. The molecule has 0 aromatic carbocycles. The van der Waals surface area contributed by atoms with Gasteiger partial charge < -0.3 is 15.2 Å². The third kappa shape index (κ3) is 1.50. The molecule has 0 unspecified atom stereocenters. The SMILES string of the molecule is Cc1nc2ncc([N+](=O)[O-])n2c(C)c1C(=O)O. The number of hydrogen-bond donors (Lipinski definition) is 1. The lowest BCUT2D eigenvalue weighted by atomic mass is 10.2. The second-order valence-corrected chi connectivity index (χ2v) is 3.47. The van der Waals surface area contributed by atoms with Crippen LogP contribution in [0.15, 0.2) is 6.20 Å². The van der Waals surface area contributed by atoms with Crippen LogP contribution in [-0.2, 0) is 0 Å². The van der Waals surface area contributed by atoms with Crippen LogP contribution in [0.25, 0.3) is 5.78 Å². The van der Waals surface area contributed by atoms with Gasteiger partial charge in [-0.15, -0.1) is 0 Å². The summed E-state index contributed by atoms with van der Waals surface area (Å²) in [5, 5.41) is 19.8. The first-order valence-electron chi connectivity index (χ1n) is 4.66. The summed E-state index contributed by atoms with van der Waals surface area (Å²) in [7, 11) is 0. The molecule has 0 fully saturated rings. The van der Waals surface area contributed by atoms with Crippen LogP contribution in [0, 0.1) is 24.0 Å². The Labute approximate surface area is 94.7 Å². The number of nitro groups is 1. The minimum absolute atomic E-state index is 0.0430. The highest BCUT2D eigenvalue weighted by molar-refractivity contribution is 5.90. The highest BCUT2D eigenvalue weighted by Gasteiger charge is 2.24. The minimum atomic E-state index is -1.17. The highest BCUT2D eigenvalue weighted by atomic mass is 16.6. The molecule has 0 aliphatic carbocycles. The Morgan fingerprint density at radius 1 is 1.53 bits per heavy atom. The Morgan fingerprint density at radius 3 is 2.71 bits per heavy atom. The van der Waals surface area contributed by atoms with Gasteiger partial charge in [-0.2, -0.15) is 14.4 Å². The average molecular weight is 236 g/mol. The van der Waals surface area contributed by atoms with Crippen LogP contribution >= 0.6 is 0 Å². The van der Waals surface area contributed by atoms with E-state index in [1.807, 2.05) is 0 Å². The molecule has 0 saturated carbocycles. The number of imidazole rings is 1. The summed E-state index contributed by atoms with van der Waals surface area (Å²) in [6.07, 6.45) is 1.06. The Hall–Kier alpha value is -2.51. The van der Waals surface area contributed by atoms with Gasteiger partial charge in [0.05, 0.1) is 5.69 Å². The van der Waals surface area contributed by atoms with Crippen LogP contribution in [0.2, 0.25) is 0 Å². The van der Waals surface area contributed by atoms with Crippen molar-refractivity contribution in [3.05, 3.63) is 33.3 Å². The van der Waals surface area contributed by atoms with Crippen LogP contribution in [0.5, 0.6) is 0 Å². The first-order valence-corrected chi connectivity index (χ1v) is 4.66. The van der Waals surface area contributed by atoms with Gasteiger partial charge >= 0.3 is 17.6 Å². The number of nitrogens with zero attached hydrogens (tertiary/aromatic N) is 4. The van der Waals surface area contributed by atoms with Crippen molar-refractivity contribution < 1.29 is 14.8 Å². The summed E-state index contributed by atoms with van der Waals surface area (Å²) < 4.78 is 1.12. The van der Waals surface area contributed by atoms with Crippen molar-refractivity contribution in [2.45, 2.75) is 13.8 Å². The molecule has 2 aromatic heterocycles. The van der Waals surface area contributed by atoms with Gasteiger partial charge in [0, 0.05) is 0 Å². The number of fused-ring (bicyclic) bond motifs is 1. The van der Waals surface area contributed by atoms with E-state index in [1.165, 1.54) is 13.8 Å². The molecule has 0 amide bonds. The molecule has 17 heavy (non-hydrogen) atoms.